The van der Waals surface area contributed by atoms with Crippen LogP contribution in [0.1, 0.15) is 72.2 Å². The molecule has 9 aromatic carbocycles. The number of para-hydroxylation sites is 4. The summed E-state index contributed by atoms with van der Waals surface area (Å²) in [5, 5.41) is 5.16. The Labute approximate surface area is 366 Å². The first-order valence-corrected chi connectivity index (χ1v) is 22.1. The lowest BCUT2D eigenvalue weighted by atomic mass is 9.78. The maximum atomic E-state index is 2.58. The van der Waals surface area contributed by atoms with Gasteiger partial charge in [0.1, 0.15) is 0 Å². The van der Waals surface area contributed by atoms with Crippen LogP contribution >= 0.6 is 0 Å². The van der Waals surface area contributed by atoms with Gasteiger partial charge >= 0.3 is 0 Å². The topological polar surface area (TPSA) is 6.48 Å². The SMILES string of the molecule is Cc1ccccc1N(c1ccccc1C)c1cc2c(c3ccccc13)C(C)(C)c1cc3c(cc1-2)C(C)(C)c1c-3cc(N(c2ccccc2C)c2ccccc2C)c2ccccc12. The maximum absolute atomic E-state index is 2.58. The molecule has 0 atom stereocenters. The minimum Gasteiger partial charge on any atom is -0.309 e. The van der Waals surface area contributed by atoms with E-state index in [-0.39, 0.29) is 10.8 Å². The first kappa shape index (κ1) is 38.1. The molecule has 0 amide bonds. The van der Waals surface area contributed by atoms with Crippen LogP contribution in [0.5, 0.6) is 0 Å². The quantitative estimate of drug-likeness (QED) is 0.165. The molecule has 0 bridgehead atoms. The normalized spacial score (nSPS) is 14.1. The van der Waals surface area contributed by atoms with Gasteiger partial charge in [0, 0.05) is 44.4 Å². The van der Waals surface area contributed by atoms with Gasteiger partial charge in [-0.25, -0.2) is 0 Å². The van der Waals surface area contributed by atoms with Crippen LogP contribution in [0, 0.1) is 27.7 Å². The molecule has 2 aliphatic carbocycles. The summed E-state index contributed by atoms with van der Waals surface area (Å²) in [5.74, 6) is 0. The minimum absolute atomic E-state index is 0.241. The molecule has 0 fully saturated rings. The lowest BCUT2D eigenvalue weighted by Crippen LogP contribution is -2.18. The number of hydrogen-bond acceptors (Lipinski definition) is 2. The molecule has 2 nitrogen and oxygen atoms in total. The van der Waals surface area contributed by atoms with Crippen molar-refractivity contribution in [1.82, 2.24) is 0 Å². The number of benzene rings is 9. The van der Waals surface area contributed by atoms with E-state index >= 15 is 0 Å². The van der Waals surface area contributed by atoms with Gasteiger partial charge in [0.25, 0.3) is 0 Å². The Bertz CT molecular complexity index is 3000. The summed E-state index contributed by atoms with van der Waals surface area (Å²) in [5.41, 5.74) is 22.6. The van der Waals surface area contributed by atoms with Crippen molar-refractivity contribution in [3.8, 4) is 22.3 Å². The van der Waals surface area contributed by atoms with Gasteiger partial charge in [0.15, 0.2) is 0 Å². The van der Waals surface area contributed by atoms with E-state index in [1.165, 1.54) is 122 Å². The molecule has 0 saturated heterocycles. The molecule has 0 spiro atoms. The molecule has 2 aliphatic rings. The maximum Gasteiger partial charge on any atom is 0.0546 e. The summed E-state index contributed by atoms with van der Waals surface area (Å²) in [6.45, 7) is 18.7. The van der Waals surface area contributed by atoms with Gasteiger partial charge in [-0.05, 0) is 154 Å². The van der Waals surface area contributed by atoms with Gasteiger partial charge in [-0.15, -0.1) is 0 Å². The molecule has 0 heterocycles. The highest BCUT2D eigenvalue weighted by Gasteiger charge is 2.44. The lowest BCUT2D eigenvalue weighted by Gasteiger charge is -2.31. The van der Waals surface area contributed by atoms with Crippen molar-refractivity contribution in [2.45, 2.75) is 66.2 Å². The molecule has 0 unspecified atom stereocenters. The van der Waals surface area contributed by atoms with Gasteiger partial charge in [-0.1, -0.05) is 149 Å². The Morgan fingerprint density at radius 2 is 0.565 bits per heavy atom. The molecule has 302 valence electrons. The van der Waals surface area contributed by atoms with Crippen LogP contribution in [0.25, 0.3) is 43.8 Å². The zero-order valence-corrected chi connectivity index (χ0v) is 37.1. The Morgan fingerprint density at radius 1 is 0.290 bits per heavy atom. The van der Waals surface area contributed by atoms with Crippen molar-refractivity contribution in [2.75, 3.05) is 9.80 Å². The van der Waals surface area contributed by atoms with E-state index in [4.69, 9.17) is 0 Å². The van der Waals surface area contributed by atoms with E-state index in [9.17, 15) is 0 Å². The molecule has 0 saturated carbocycles. The van der Waals surface area contributed by atoms with Crippen LogP contribution in [-0.2, 0) is 10.8 Å². The summed E-state index contributed by atoms with van der Waals surface area (Å²) < 4.78 is 0. The monoisotopic (exact) mass is 800 g/mol. The van der Waals surface area contributed by atoms with E-state index in [1.54, 1.807) is 0 Å². The molecule has 2 heteroatoms. The highest BCUT2D eigenvalue weighted by Crippen LogP contribution is 2.61. The predicted molar refractivity (Wildman–Crippen MR) is 265 cm³/mol. The third kappa shape index (κ3) is 5.42. The number of nitrogens with zero attached hydrogens (tertiary/aromatic N) is 2. The summed E-state index contributed by atoms with van der Waals surface area (Å²) >= 11 is 0. The Kier molecular flexibility index (Phi) is 8.48. The standard InChI is InChI=1S/C60H52N2/c1-37-21-9-17-29-51(37)61(52-30-18-10-22-38(52)2)55-35-47-45-33-50-46(34-49(45)59(5,6)57(47)43-27-15-13-25-41(43)55)48-36-56(42-26-14-16-28-44(42)58(48)60(50,7)8)62(53-31-19-11-23-39(53)3)54-32-20-12-24-40(54)4/h9-36H,1-8H3. The largest absolute Gasteiger partial charge is 0.309 e. The first-order valence-electron chi connectivity index (χ1n) is 22.1. The van der Waals surface area contributed by atoms with Gasteiger partial charge < -0.3 is 9.80 Å². The summed E-state index contributed by atoms with van der Waals surface area (Å²) in [4.78, 5) is 5.02. The summed E-state index contributed by atoms with van der Waals surface area (Å²) in [6, 6.07) is 63.7. The molecule has 0 aliphatic heterocycles. The number of hydrogen-bond donors (Lipinski definition) is 0. The number of rotatable bonds is 6. The van der Waals surface area contributed by atoms with Gasteiger partial charge in [-0.2, -0.15) is 0 Å². The number of fused-ring (bicyclic) bond motifs is 10. The second-order valence-corrected chi connectivity index (χ2v) is 18.7. The number of anilines is 6. The summed E-state index contributed by atoms with van der Waals surface area (Å²) in [7, 11) is 0. The predicted octanol–water partition coefficient (Wildman–Crippen LogP) is 16.8. The molecule has 0 N–H and O–H groups in total. The van der Waals surface area contributed by atoms with Crippen LogP contribution in [0.15, 0.2) is 170 Å². The van der Waals surface area contributed by atoms with E-state index in [2.05, 4.69) is 235 Å². The van der Waals surface area contributed by atoms with Crippen molar-refractivity contribution >= 4 is 55.7 Å². The molecule has 62 heavy (non-hydrogen) atoms. The summed E-state index contributed by atoms with van der Waals surface area (Å²) in [6.07, 6.45) is 0. The fourth-order valence-electron chi connectivity index (χ4n) is 11.2. The minimum atomic E-state index is -0.241. The van der Waals surface area contributed by atoms with Gasteiger partial charge in [-0.3, -0.25) is 0 Å². The Balaban J connectivity index is 1.18. The zero-order chi connectivity index (χ0) is 42.7. The van der Waals surface area contributed by atoms with Crippen LogP contribution in [0.3, 0.4) is 0 Å². The van der Waals surface area contributed by atoms with Crippen LogP contribution < -0.4 is 9.80 Å². The van der Waals surface area contributed by atoms with Gasteiger partial charge in [0.2, 0.25) is 0 Å². The second-order valence-electron chi connectivity index (χ2n) is 18.7. The lowest BCUT2D eigenvalue weighted by molar-refractivity contribution is 0.657. The van der Waals surface area contributed by atoms with Crippen LogP contribution in [-0.4, -0.2) is 0 Å². The van der Waals surface area contributed by atoms with Crippen molar-refractivity contribution in [3.05, 3.63) is 214 Å². The van der Waals surface area contributed by atoms with E-state index < -0.39 is 0 Å². The van der Waals surface area contributed by atoms with Crippen LogP contribution in [0.2, 0.25) is 0 Å². The van der Waals surface area contributed by atoms with Crippen LogP contribution in [0.4, 0.5) is 34.1 Å². The molecular weight excluding hydrogens is 749 g/mol. The van der Waals surface area contributed by atoms with Crippen molar-refractivity contribution in [1.29, 1.82) is 0 Å². The smallest absolute Gasteiger partial charge is 0.0546 e. The average Bonchev–Trinajstić information content (AvgIpc) is 3.64. The van der Waals surface area contributed by atoms with Gasteiger partial charge in [0.05, 0.1) is 11.4 Å². The second kappa shape index (κ2) is 13.8. The molecule has 9 aromatic rings. The first-order chi connectivity index (χ1) is 30.0. The fourth-order valence-corrected chi connectivity index (χ4v) is 11.2. The number of aryl methyl sites for hydroxylation is 4. The van der Waals surface area contributed by atoms with E-state index in [1.807, 2.05) is 0 Å². The Morgan fingerprint density at radius 3 is 0.871 bits per heavy atom. The zero-order valence-electron chi connectivity index (χ0n) is 37.1. The van der Waals surface area contributed by atoms with Crippen molar-refractivity contribution < 1.29 is 0 Å². The fraction of sp³-hybridized carbons (Fsp3) is 0.167. The Hall–Kier alpha value is -6.90. The average molecular weight is 801 g/mol. The van der Waals surface area contributed by atoms with Crippen molar-refractivity contribution in [3.63, 3.8) is 0 Å². The van der Waals surface area contributed by atoms with Crippen molar-refractivity contribution in [2.24, 2.45) is 0 Å². The third-order valence-electron chi connectivity index (χ3n) is 14.3. The third-order valence-corrected chi connectivity index (χ3v) is 14.3. The molecule has 11 rings (SSSR count). The molecular formula is C60H52N2. The van der Waals surface area contributed by atoms with E-state index in [0.29, 0.717) is 0 Å². The van der Waals surface area contributed by atoms with E-state index in [0.717, 1.165) is 0 Å². The highest BCUT2D eigenvalue weighted by molar-refractivity contribution is 6.10. The molecule has 0 aromatic heterocycles. The highest BCUT2D eigenvalue weighted by atomic mass is 15.2. The molecule has 0 radical (unpaired) electrons.